The Morgan fingerprint density at radius 2 is 1.79 bits per heavy atom. The highest BCUT2D eigenvalue weighted by atomic mass is 16.5. The smallest absolute Gasteiger partial charge is 0.163 e. The summed E-state index contributed by atoms with van der Waals surface area (Å²) in [7, 11) is 0. The Kier molecular flexibility index (Phi) is 2.31. The zero-order chi connectivity index (χ0) is 12.8. The summed E-state index contributed by atoms with van der Waals surface area (Å²) in [5.41, 5.74) is 8.96. The van der Waals surface area contributed by atoms with Crippen LogP contribution in [-0.2, 0) is 0 Å². The van der Waals surface area contributed by atoms with Gasteiger partial charge in [0.1, 0.15) is 0 Å². The molecule has 2 aromatic rings. The third-order valence-electron chi connectivity index (χ3n) is 3.73. The van der Waals surface area contributed by atoms with Crippen molar-refractivity contribution in [1.82, 2.24) is 4.98 Å². The second kappa shape index (κ2) is 4.02. The predicted molar refractivity (Wildman–Crippen MR) is 73.7 cm³/mol. The van der Waals surface area contributed by atoms with Gasteiger partial charge in [-0.25, -0.2) is 0 Å². The first kappa shape index (κ1) is 10.9. The van der Waals surface area contributed by atoms with Gasteiger partial charge in [0.2, 0.25) is 0 Å². The van der Waals surface area contributed by atoms with E-state index in [0.29, 0.717) is 19.1 Å². The molecule has 2 aliphatic rings. The van der Waals surface area contributed by atoms with Crippen molar-refractivity contribution >= 4 is 16.6 Å². The monoisotopic (exact) mass is 256 g/mol. The van der Waals surface area contributed by atoms with Crippen molar-refractivity contribution in [2.24, 2.45) is 0 Å². The van der Waals surface area contributed by atoms with Crippen molar-refractivity contribution < 1.29 is 9.47 Å². The normalized spacial score (nSPS) is 18.3. The molecular formula is C15H16N2O2. The van der Waals surface area contributed by atoms with Crippen LogP contribution in [0.4, 0.5) is 5.69 Å². The van der Waals surface area contributed by atoms with Crippen LogP contribution in [0, 0.1) is 0 Å². The summed E-state index contributed by atoms with van der Waals surface area (Å²) < 4.78 is 11.4. The fraction of sp³-hybridized carbons (Fsp3) is 0.400. The lowest BCUT2D eigenvalue weighted by Gasteiger charge is -2.11. The van der Waals surface area contributed by atoms with E-state index in [1.165, 1.54) is 12.8 Å². The first-order valence-corrected chi connectivity index (χ1v) is 6.81. The maximum absolute atomic E-state index is 6.16. The minimum atomic E-state index is 0.600. The Balaban J connectivity index is 1.90. The number of nitrogens with zero attached hydrogens (tertiary/aromatic N) is 1. The lowest BCUT2D eigenvalue weighted by atomic mass is 10.1. The van der Waals surface area contributed by atoms with Gasteiger partial charge in [0.05, 0.1) is 18.7 Å². The molecule has 1 aromatic heterocycles. The molecule has 0 saturated heterocycles. The lowest BCUT2D eigenvalue weighted by Crippen LogP contribution is -1.97. The molecule has 0 bridgehead atoms. The second-order valence-corrected chi connectivity index (χ2v) is 5.28. The van der Waals surface area contributed by atoms with Gasteiger partial charge in [-0.2, -0.15) is 0 Å². The molecule has 4 rings (SSSR count). The Bertz CT molecular complexity index is 650. The summed E-state index contributed by atoms with van der Waals surface area (Å²) in [5.74, 6) is 2.16. The number of hydrogen-bond donors (Lipinski definition) is 1. The SMILES string of the molecule is Nc1cc(C2CC2)nc2cc3c(cc12)OCCCO3. The van der Waals surface area contributed by atoms with E-state index < -0.39 is 0 Å². The van der Waals surface area contributed by atoms with Gasteiger partial charge in [-0.1, -0.05) is 0 Å². The van der Waals surface area contributed by atoms with E-state index in [1.807, 2.05) is 18.2 Å². The van der Waals surface area contributed by atoms with Crippen LogP contribution in [0.1, 0.15) is 30.9 Å². The lowest BCUT2D eigenvalue weighted by molar-refractivity contribution is 0.297. The van der Waals surface area contributed by atoms with Crippen molar-refractivity contribution in [3.8, 4) is 11.5 Å². The van der Waals surface area contributed by atoms with Gasteiger partial charge < -0.3 is 15.2 Å². The number of nitrogens with two attached hydrogens (primary N) is 1. The predicted octanol–water partition coefficient (Wildman–Crippen LogP) is 2.86. The van der Waals surface area contributed by atoms with Crippen LogP contribution < -0.4 is 15.2 Å². The minimum absolute atomic E-state index is 0.600. The van der Waals surface area contributed by atoms with E-state index in [4.69, 9.17) is 20.2 Å². The van der Waals surface area contributed by atoms with Gasteiger partial charge in [-0.05, 0) is 25.0 Å². The highest BCUT2D eigenvalue weighted by molar-refractivity contribution is 5.93. The van der Waals surface area contributed by atoms with Crippen molar-refractivity contribution in [3.63, 3.8) is 0 Å². The van der Waals surface area contributed by atoms with Crippen molar-refractivity contribution in [2.75, 3.05) is 18.9 Å². The zero-order valence-electron chi connectivity index (χ0n) is 10.7. The van der Waals surface area contributed by atoms with Gasteiger partial charge in [0.25, 0.3) is 0 Å². The highest BCUT2D eigenvalue weighted by Gasteiger charge is 2.26. The molecule has 4 nitrogen and oxygen atoms in total. The van der Waals surface area contributed by atoms with Gasteiger partial charge in [0.15, 0.2) is 11.5 Å². The summed E-state index contributed by atoms with van der Waals surface area (Å²) in [6.07, 6.45) is 3.35. The molecule has 1 aromatic carbocycles. The number of fused-ring (bicyclic) bond motifs is 2. The average Bonchev–Trinajstić information content (AvgIpc) is 3.23. The molecule has 4 heteroatoms. The second-order valence-electron chi connectivity index (χ2n) is 5.28. The molecule has 2 N–H and O–H groups in total. The van der Waals surface area contributed by atoms with E-state index in [1.54, 1.807) is 0 Å². The number of ether oxygens (including phenoxy) is 2. The number of rotatable bonds is 1. The number of benzene rings is 1. The van der Waals surface area contributed by atoms with Crippen LogP contribution in [0.25, 0.3) is 10.9 Å². The zero-order valence-corrected chi connectivity index (χ0v) is 10.7. The third-order valence-corrected chi connectivity index (χ3v) is 3.73. The van der Waals surface area contributed by atoms with Gasteiger partial charge in [-0.3, -0.25) is 4.98 Å². The maximum atomic E-state index is 6.16. The molecule has 1 aliphatic heterocycles. The summed E-state index contributed by atoms with van der Waals surface area (Å²) >= 11 is 0. The number of anilines is 1. The summed E-state index contributed by atoms with van der Waals surface area (Å²) in [4.78, 5) is 4.72. The van der Waals surface area contributed by atoms with Crippen molar-refractivity contribution in [2.45, 2.75) is 25.2 Å². The van der Waals surface area contributed by atoms with Gasteiger partial charge in [-0.15, -0.1) is 0 Å². The quantitative estimate of drug-likeness (QED) is 0.852. The van der Waals surface area contributed by atoms with Gasteiger partial charge >= 0.3 is 0 Å². The number of pyridine rings is 1. The first-order chi connectivity index (χ1) is 9.31. The molecular weight excluding hydrogens is 240 g/mol. The van der Waals surface area contributed by atoms with E-state index >= 15 is 0 Å². The Morgan fingerprint density at radius 1 is 1.05 bits per heavy atom. The van der Waals surface area contributed by atoms with E-state index in [9.17, 15) is 0 Å². The van der Waals surface area contributed by atoms with Crippen LogP contribution >= 0.6 is 0 Å². The fourth-order valence-corrected chi connectivity index (χ4v) is 2.52. The molecule has 19 heavy (non-hydrogen) atoms. The van der Waals surface area contributed by atoms with Gasteiger partial charge in [0, 0.05) is 35.2 Å². The third kappa shape index (κ3) is 1.87. The Hall–Kier alpha value is -1.97. The van der Waals surface area contributed by atoms with Crippen LogP contribution in [0.3, 0.4) is 0 Å². The van der Waals surface area contributed by atoms with E-state index in [2.05, 4.69) is 0 Å². The number of hydrogen-bond acceptors (Lipinski definition) is 4. The fourth-order valence-electron chi connectivity index (χ4n) is 2.52. The molecule has 1 saturated carbocycles. The van der Waals surface area contributed by atoms with E-state index in [0.717, 1.165) is 40.2 Å². The van der Waals surface area contributed by atoms with Crippen LogP contribution in [0.5, 0.6) is 11.5 Å². The van der Waals surface area contributed by atoms with Crippen LogP contribution in [0.2, 0.25) is 0 Å². The van der Waals surface area contributed by atoms with Crippen LogP contribution in [-0.4, -0.2) is 18.2 Å². The molecule has 98 valence electrons. The number of aromatic nitrogens is 1. The molecule has 1 fully saturated rings. The summed E-state index contributed by atoms with van der Waals surface area (Å²) in [6, 6.07) is 5.91. The molecule has 0 atom stereocenters. The molecule has 1 aliphatic carbocycles. The molecule has 2 heterocycles. The topological polar surface area (TPSA) is 57.4 Å². The standard InChI is InChI=1S/C15H16N2O2/c16-11-7-12(9-2-3-9)17-13-8-15-14(6-10(11)13)18-4-1-5-19-15/h6-9H,1-5H2,(H2,16,17). The minimum Gasteiger partial charge on any atom is -0.490 e. The highest BCUT2D eigenvalue weighted by Crippen LogP contribution is 2.42. The summed E-state index contributed by atoms with van der Waals surface area (Å²) in [5, 5.41) is 0.952. The largest absolute Gasteiger partial charge is 0.490 e. The molecule has 0 unspecified atom stereocenters. The Morgan fingerprint density at radius 3 is 2.53 bits per heavy atom. The van der Waals surface area contributed by atoms with E-state index in [-0.39, 0.29) is 0 Å². The maximum Gasteiger partial charge on any atom is 0.163 e. The van der Waals surface area contributed by atoms with Crippen molar-refractivity contribution in [3.05, 3.63) is 23.9 Å². The Labute approximate surface area is 111 Å². The average molecular weight is 256 g/mol. The van der Waals surface area contributed by atoms with Crippen LogP contribution in [0.15, 0.2) is 18.2 Å². The molecule has 0 spiro atoms. The number of nitrogen functional groups attached to an aromatic ring is 1. The molecule has 0 amide bonds. The first-order valence-electron chi connectivity index (χ1n) is 6.81. The van der Waals surface area contributed by atoms with Crippen molar-refractivity contribution in [1.29, 1.82) is 0 Å². The summed E-state index contributed by atoms with van der Waals surface area (Å²) in [6.45, 7) is 1.38. The molecule has 0 radical (unpaired) electrons.